The monoisotopic (exact) mass is 521 g/mol. The lowest BCUT2D eigenvalue weighted by Gasteiger charge is -2.29. The van der Waals surface area contributed by atoms with E-state index in [1.807, 2.05) is 4.57 Å². The van der Waals surface area contributed by atoms with Crippen molar-refractivity contribution in [2.75, 3.05) is 10.6 Å². The fourth-order valence-corrected chi connectivity index (χ4v) is 5.28. The molecule has 0 bridgehead atoms. The van der Waals surface area contributed by atoms with Gasteiger partial charge in [0, 0.05) is 30.8 Å². The van der Waals surface area contributed by atoms with Crippen molar-refractivity contribution in [3.05, 3.63) is 35.2 Å². The molecule has 0 radical (unpaired) electrons. The van der Waals surface area contributed by atoms with Crippen molar-refractivity contribution in [1.82, 2.24) is 19.5 Å². The highest BCUT2D eigenvalue weighted by Gasteiger charge is 2.35. The molecule has 0 atom stereocenters. The number of nitrogens with two attached hydrogens (primary N) is 1. The number of nitrogens with one attached hydrogen (secondary N) is 2. The Bertz CT molecular complexity index is 1270. The van der Waals surface area contributed by atoms with Gasteiger partial charge >= 0.3 is 0 Å². The molecule has 0 spiro atoms. The number of halogens is 4. The number of alkyl halides is 2. The number of aromatic nitrogens is 4. The molecular formula is C24H27ClF3N7O. The highest BCUT2D eigenvalue weighted by molar-refractivity contribution is 6.31. The summed E-state index contributed by atoms with van der Waals surface area (Å²) >= 11 is 5.96. The first-order chi connectivity index (χ1) is 17.2. The van der Waals surface area contributed by atoms with Crippen LogP contribution in [0.5, 0.6) is 0 Å². The van der Waals surface area contributed by atoms with E-state index in [1.165, 1.54) is 6.07 Å². The summed E-state index contributed by atoms with van der Waals surface area (Å²) in [7, 11) is 0. The molecule has 1 aromatic carbocycles. The van der Waals surface area contributed by atoms with Crippen LogP contribution in [0, 0.1) is 11.7 Å². The van der Waals surface area contributed by atoms with E-state index in [9.17, 15) is 18.0 Å². The SMILES string of the molecule is NC(=O)[C@H]1CC[C@@H](n2c(Nc3cccc(Cl)c3F)nc3cnc(NC4CCC(F)(F)CC4)nc32)CC1. The van der Waals surface area contributed by atoms with Crippen molar-refractivity contribution in [2.45, 2.75) is 69.4 Å². The van der Waals surface area contributed by atoms with Crippen molar-refractivity contribution in [1.29, 1.82) is 0 Å². The molecule has 0 saturated heterocycles. The fraction of sp³-hybridized carbons (Fsp3) is 0.500. The number of fused-ring (bicyclic) bond motifs is 1. The van der Waals surface area contributed by atoms with E-state index < -0.39 is 11.7 Å². The second-order valence-electron chi connectivity index (χ2n) is 9.62. The number of rotatable bonds is 6. The quantitative estimate of drug-likeness (QED) is 0.391. The minimum absolute atomic E-state index is 0.0195. The smallest absolute Gasteiger partial charge is 0.248 e. The second-order valence-corrected chi connectivity index (χ2v) is 10.0. The summed E-state index contributed by atoms with van der Waals surface area (Å²) in [5.41, 5.74) is 6.70. The van der Waals surface area contributed by atoms with E-state index in [0.29, 0.717) is 61.6 Å². The summed E-state index contributed by atoms with van der Waals surface area (Å²) in [6.45, 7) is 0. The van der Waals surface area contributed by atoms with Crippen LogP contribution in [0.4, 0.5) is 30.8 Å². The number of anilines is 3. The third-order valence-electron chi connectivity index (χ3n) is 7.15. The molecule has 2 heterocycles. The molecule has 3 aromatic rings. The van der Waals surface area contributed by atoms with Crippen molar-refractivity contribution in [3.8, 4) is 0 Å². The molecule has 0 aliphatic heterocycles. The van der Waals surface area contributed by atoms with Crippen LogP contribution in [-0.4, -0.2) is 37.4 Å². The van der Waals surface area contributed by atoms with E-state index in [0.717, 1.165) is 0 Å². The predicted octanol–water partition coefficient (Wildman–Crippen LogP) is 5.57. The summed E-state index contributed by atoms with van der Waals surface area (Å²) < 4.78 is 43.7. The van der Waals surface area contributed by atoms with E-state index >= 15 is 0 Å². The molecule has 2 aliphatic carbocycles. The number of imidazole rings is 1. The van der Waals surface area contributed by atoms with Crippen LogP contribution in [0.3, 0.4) is 0 Å². The summed E-state index contributed by atoms with van der Waals surface area (Å²) in [6.07, 6.45) is 4.44. The van der Waals surface area contributed by atoms with Gasteiger partial charge in [0.05, 0.1) is 16.9 Å². The summed E-state index contributed by atoms with van der Waals surface area (Å²) in [4.78, 5) is 25.3. The Morgan fingerprint density at radius 3 is 2.53 bits per heavy atom. The van der Waals surface area contributed by atoms with Crippen LogP contribution < -0.4 is 16.4 Å². The van der Waals surface area contributed by atoms with Gasteiger partial charge in [-0.2, -0.15) is 4.98 Å². The first-order valence-corrected chi connectivity index (χ1v) is 12.5. The number of carbonyl (C=O) groups excluding carboxylic acids is 1. The Balaban J connectivity index is 1.48. The van der Waals surface area contributed by atoms with Gasteiger partial charge in [0.1, 0.15) is 5.52 Å². The molecule has 12 heteroatoms. The Morgan fingerprint density at radius 1 is 1.11 bits per heavy atom. The van der Waals surface area contributed by atoms with Crippen LogP contribution in [0.2, 0.25) is 5.02 Å². The Kier molecular flexibility index (Phi) is 6.67. The lowest BCUT2D eigenvalue weighted by atomic mass is 9.85. The van der Waals surface area contributed by atoms with Crippen LogP contribution in [0.1, 0.15) is 57.4 Å². The lowest BCUT2D eigenvalue weighted by Crippen LogP contribution is -2.32. The van der Waals surface area contributed by atoms with Crippen LogP contribution in [-0.2, 0) is 4.79 Å². The first-order valence-electron chi connectivity index (χ1n) is 12.1. The number of hydrogen-bond donors (Lipinski definition) is 3. The Labute approximate surface area is 210 Å². The van der Waals surface area contributed by atoms with E-state index in [-0.39, 0.29) is 47.5 Å². The molecule has 2 saturated carbocycles. The number of benzene rings is 1. The number of primary amides is 1. The predicted molar refractivity (Wildman–Crippen MR) is 131 cm³/mol. The van der Waals surface area contributed by atoms with Crippen molar-refractivity contribution in [3.63, 3.8) is 0 Å². The first kappa shape index (κ1) is 24.6. The molecule has 4 N–H and O–H groups in total. The average molecular weight is 522 g/mol. The van der Waals surface area contributed by atoms with Gasteiger partial charge < -0.3 is 16.4 Å². The highest BCUT2D eigenvalue weighted by Crippen LogP contribution is 2.38. The average Bonchev–Trinajstić information content (AvgIpc) is 3.20. The number of amides is 1. The molecule has 2 fully saturated rings. The van der Waals surface area contributed by atoms with E-state index in [1.54, 1.807) is 18.3 Å². The zero-order valence-electron chi connectivity index (χ0n) is 19.5. The van der Waals surface area contributed by atoms with E-state index in [4.69, 9.17) is 17.3 Å². The van der Waals surface area contributed by atoms with Crippen LogP contribution >= 0.6 is 11.6 Å². The maximum atomic E-state index is 14.7. The van der Waals surface area contributed by atoms with Gasteiger partial charge in [-0.3, -0.25) is 9.36 Å². The minimum Gasteiger partial charge on any atom is -0.369 e. The summed E-state index contributed by atoms with van der Waals surface area (Å²) in [6, 6.07) is 4.44. The fourth-order valence-electron chi connectivity index (χ4n) is 5.10. The third kappa shape index (κ3) is 5.07. The van der Waals surface area contributed by atoms with Crippen molar-refractivity contribution < 1.29 is 18.0 Å². The Hall–Kier alpha value is -3.08. The van der Waals surface area contributed by atoms with Gasteiger partial charge in [0.2, 0.25) is 23.7 Å². The molecule has 5 rings (SSSR count). The van der Waals surface area contributed by atoms with Crippen LogP contribution in [0.15, 0.2) is 24.4 Å². The van der Waals surface area contributed by atoms with E-state index in [2.05, 4.69) is 25.6 Å². The molecular weight excluding hydrogens is 495 g/mol. The van der Waals surface area contributed by atoms with Crippen molar-refractivity contribution >= 4 is 46.3 Å². The topological polar surface area (TPSA) is 111 Å². The Morgan fingerprint density at radius 2 is 1.83 bits per heavy atom. The van der Waals surface area contributed by atoms with Gasteiger partial charge in [-0.1, -0.05) is 17.7 Å². The van der Waals surface area contributed by atoms with Gasteiger partial charge in [-0.25, -0.2) is 23.1 Å². The molecule has 2 aliphatic rings. The molecule has 192 valence electrons. The normalized spacial score (nSPS) is 22.4. The molecule has 36 heavy (non-hydrogen) atoms. The van der Waals surface area contributed by atoms with Gasteiger partial charge in [-0.15, -0.1) is 0 Å². The minimum atomic E-state index is -2.62. The van der Waals surface area contributed by atoms with Crippen LogP contribution in [0.25, 0.3) is 11.2 Å². The summed E-state index contributed by atoms with van der Waals surface area (Å²) in [5.74, 6) is -3.02. The standard InChI is InChI=1S/C24H27ClF3N7O/c25-16-2-1-3-17(19(16)26)32-23-33-18-12-30-22(31-14-8-10-24(27,28)11-9-14)34-21(18)35(23)15-6-4-13(5-7-15)20(29)36/h1-3,12-15H,4-11H2,(H2,29,36)(H,32,33)(H,30,31,34)/t13-,15+. The van der Waals surface area contributed by atoms with Gasteiger partial charge in [0.25, 0.3) is 0 Å². The lowest BCUT2D eigenvalue weighted by molar-refractivity contribution is -0.122. The number of carbonyl (C=O) groups is 1. The molecule has 1 amide bonds. The maximum absolute atomic E-state index is 14.7. The third-order valence-corrected chi connectivity index (χ3v) is 7.44. The molecule has 2 aromatic heterocycles. The molecule has 0 unspecified atom stereocenters. The summed E-state index contributed by atoms with van der Waals surface area (Å²) in [5, 5.41) is 6.20. The van der Waals surface area contributed by atoms with Gasteiger partial charge in [-0.05, 0) is 50.7 Å². The zero-order chi connectivity index (χ0) is 25.4. The zero-order valence-corrected chi connectivity index (χ0v) is 20.2. The number of nitrogens with zero attached hydrogens (tertiary/aromatic N) is 4. The largest absolute Gasteiger partial charge is 0.369 e. The second kappa shape index (κ2) is 9.76. The van der Waals surface area contributed by atoms with Crippen molar-refractivity contribution in [2.24, 2.45) is 11.7 Å². The molecule has 8 nitrogen and oxygen atoms in total. The highest BCUT2D eigenvalue weighted by atomic mass is 35.5. The maximum Gasteiger partial charge on any atom is 0.248 e. The number of hydrogen-bond acceptors (Lipinski definition) is 6. The van der Waals surface area contributed by atoms with Gasteiger partial charge in [0.15, 0.2) is 11.5 Å².